The Morgan fingerprint density at radius 2 is 1.02 bits per heavy atom. The maximum atomic E-state index is 13.0. The molecule has 0 saturated carbocycles. The van der Waals surface area contributed by atoms with Crippen molar-refractivity contribution in [3.05, 3.63) is 102 Å². The fourth-order valence-electron chi connectivity index (χ4n) is 5.10. The van der Waals surface area contributed by atoms with Gasteiger partial charge in [0, 0.05) is 30.3 Å². The van der Waals surface area contributed by atoms with Gasteiger partial charge in [0.05, 0.1) is 26.7 Å². The Kier molecular flexibility index (Phi) is 13.4. The van der Waals surface area contributed by atoms with Crippen LogP contribution in [0.1, 0.15) is 73.9 Å². The molecule has 0 aromatic heterocycles. The largest absolute Gasteiger partial charge is 0.506 e. The quantitative estimate of drug-likeness (QED) is 0.0595. The SMILES string of the molecule is CCCCc1ccc(S(=O)(=O)Nc2ccc(NC(=O)CCC(=O)Nc3ccc(NS(=O)(=O)c4ccc(CCCC)cc4)c(C(=O)O)c3)cc2O)cc1. The topological polar surface area (TPSA) is 208 Å². The predicted octanol–water partition coefficient (Wildman–Crippen LogP) is 6.73. The normalized spacial score (nSPS) is 11.4. The third-order valence-electron chi connectivity index (χ3n) is 7.99. The van der Waals surface area contributed by atoms with Crippen LogP contribution in [0.2, 0.25) is 0 Å². The van der Waals surface area contributed by atoms with Gasteiger partial charge in [-0.2, -0.15) is 0 Å². The van der Waals surface area contributed by atoms with Crippen LogP contribution >= 0.6 is 0 Å². The molecule has 52 heavy (non-hydrogen) atoms. The molecule has 13 nitrogen and oxygen atoms in total. The molecule has 4 aromatic carbocycles. The number of hydrogen-bond donors (Lipinski definition) is 6. The summed E-state index contributed by atoms with van der Waals surface area (Å²) in [5.41, 5.74) is 1.54. The van der Waals surface area contributed by atoms with E-state index in [9.17, 15) is 41.4 Å². The summed E-state index contributed by atoms with van der Waals surface area (Å²) in [5, 5.41) is 25.2. The Balaban J connectivity index is 1.31. The molecule has 0 atom stereocenters. The van der Waals surface area contributed by atoms with Crippen molar-refractivity contribution < 1.29 is 41.4 Å². The van der Waals surface area contributed by atoms with Gasteiger partial charge in [-0.15, -0.1) is 0 Å². The van der Waals surface area contributed by atoms with Crippen molar-refractivity contribution in [2.75, 3.05) is 20.1 Å². The van der Waals surface area contributed by atoms with Crippen LogP contribution in [0.4, 0.5) is 22.7 Å². The van der Waals surface area contributed by atoms with Crippen LogP contribution in [0.15, 0.2) is 94.7 Å². The molecule has 0 aliphatic rings. The second kappa shape index (κ2) is 17.7. The number of sulfonamides is 2. The van der Waals surface area contributed by atoms with E-state index in [-0.39, 0.29) is 45.4 Å². The fourth-order valence-corrected chi connectivity index (χ4v) is 7.25. The smallest absolute Gasteiger partial charge is 0.337 e. The molecule has 0 aliphatic carbocycles. The number of amides is 2. The first-order valence-electron chi connectivity index (χ1n) is 16.7. The Morgan fingerprint density at radius 3 is 1.44 bits per heavy atom. The van der Waals surface area contributed by atoms with Crippen LogP contribution in [0.3, 0.4) is 0 Å². The standard InChI is InChI=1S/C37H42N4O9S2/c1-3-5-7-25-9-15-29(16-10-25)51(47,48)40-32-19-13-27(23-31(32)37(45)46)38-35(43)21-22-36(44)39-28-14-20-33(34(42)24-28)41-52(49,50)30-17-11-26(12-18-30)8-6-4-2/h9-20,23-24,40-42H,3-8,21-22H2,1-2H3,(H,38,43)(H,39,44)(H,45,46). The zero-order valence-corrected chi connectivity index (χ0v) is 30.4. The highest BCUT2D eigenvalue weighted by molar-refractivity contribution is 7.93. The van der Waals surface area contributed by atoms with Crippen molar-refractivity contribution >= 4 is 60.6 Å². The van der Waals surface area contributed by atoms with Crippen LogP contribution in [0.5, 0.6) is 5.75 Å². The number of anilines is 4. The second-order valence-electron chi connectivity index (χ2n) is 12.1. The van der Waals surface area contributed by atoms with E-state index in [4.69, 9.17) is 0 Å². The molecule has 0 aliphatic heterocycles. The highest BCUT2D eigenvalue weighted by Gasteiger charge is 2.21. The van der Waals surface area contributed by atoms with Gasteiger partial charge >= 0.3 is 5.97 Å². The van der Waals surface area contributed by atoms with Gasteiger partial charge in [0.15, 0.2) is 0 Å². The number of hydrogen-bond acceptors (Lipinski definition) is 8. The summed E-state index contributed by atoms with van der Waals surface area (Å²) in [4.78, 5) is 37.1. The Bertz CT molecular complexity index is 2120. The molecule has 0 fully saturated rings. The lowest BCUT2D eigenvalue weighted by Crippen LogP contribution is -2.18. The van der Waals surface area contributed by atoms with Gasteiger partial charge in [0.25, 0.3) is 20.0 Å². The summed E-state index contributed by atoms with van der Waals surface area (Å²) in [6, 6.07) is 20.3. The summed E-state index contributed by atoms with van der Waals surface area (Å²) in [5.74, 6) is -3.06. The number of nitrogens with one attached hydrogen (secondary N) is 4. The Labute approximate surface area is 303 Å². The van der Waals surface area contributed by atoms with Crippen LogP contribution in [-0.4, -0.2) is 44.8 Å². The van der Waals surface area contributed by atoms with Crippen molar-refractivity contribution in [2.24, 2.45) is 0 Å². The fraction of sp³-hybridized carbons (Fsp3) is 0.270. The molecular formula is C37H42N4O9S2. The first-order chi connectivity index (χ1) is 24.7. The predicted molar refractivity (Wildman–Crippen MR) is 200 cm³/mol. The number of aromatic hydroxyl groups is 1. The van der Waals surface area contributed by atoms with E-state index in [0.29, 0.717) is 0 Å². The molecule has 0 unspecified atom stereocenters. The number of phenols is 1. The number of benzene rings is 4. The third-order valence-corrected chi connectivity index (χ3v) is 10.8. The lowest BCUT2D eigenvalue weighted by Gasteiger charge is -2.13. The number of carboxylic acid groups (broad SMARTS) is 1. The highest BCUT2D eigenvalue weighted by atomic mass is 32.2. The van der Waals surface area contributed by atoms with Gasteiger partial charge in [0.2, 0.25) is 11.8 Å². The molecule has 0 heterocycles. The van der Waals surface area contributed by atoms with E-state index in [0.717, 1.165) is 61.8 Å². The molecule has 4 aromatic rings. The van der Waals surface area contributed by atoms with Crippen molar-refractivity contribution in [1.82, 2.24) is 0 Å². The zero-order chi connectivity index (χ0) is 37.9. The first-order valence-corrected chi connectivity index (χ1v) is 19.7. The maximum Gasteiger partial charge on any atom is 0.337 e. The van der Waals surface area contributed by atoms with Crippen molar-refractivity contribution in [1.29, 1.82) is 0 Å². The van der Waals surface area contributed by atoms with E-state index in [1.54, 1.807) is 24.3 Å². The Morgan fingerprint density at radius 1 is 0.596 bits per heavy atom. The van der Waals surface area contributed by atoms with Crippen molar-refractivity contribution in [2.45, 2.75) is 75.0 Å². The van der Waals surface area contributed by atoms with E-state index in [1.165, 1.54) is 48.5 Å². The van der Waals surface area contributed by atoms with Crippen LogP contribution in [0.25, 0.3) is 0 Å². The van der Waals surface area contributed by atoms with Crippen molar-refractivity contribution in [3.63, 3.8) is 0 Å². The molecule has 15 heteroatoms. The maximum absolute atomic E-state index is 13.0. The monoisotopic (exact) mass is 750 g/mol. The van der Waals surface area contributed by atoms with Gasteiger partial charge in [0.1, 0.15) is 5.75 Å². The molecule has 0 spiro atoms. The summed E-state index contributed by atoms with van der Waals surface area (Å²) in [7, 11) is -8.10. The summed E-state index contributed by atoms with van der Waals surface area (Å²) in [6.45, 7) is 4.13. The molecule has 276 valence electrons. The third kappa shape index (κ3) is 11.0. The molecule has 0 bridgehead atoms. The number of carboxylic acids is 1. The molecule has 0 saturated heterocycles. The van der Waals surface area contributed by atoms with Gasteiger partial charge < -0.3 is 20.8 Å². The molecule has 6 N–H and O–H groups in total. The number of carbonyl (C=O) groups excluding carboxylic acids is 2. The lowest BCUT2D eigenvalue weighted by molar-refractivity contribution is -0.121. The van der Waals surface area contributed by atoms with Gasteiger partial charge in [-0.1, -0.05) is 51.0 Å². The van der Waals surface area contributed by atoms with Gasteiger partial charge in [-0.3, -0.25) is 19.0 Å². The number of phenolic OH excluding ortho intramolecular Hbond substituents is 1. The minimum absolute atomic E-state index is 0.0293. The summed E-state index contributed by atoms with van der Waals surface area (Å²) >= 11 is 0. The van der Waals surface area contributed by atoms with E-state index >= 15 is 0 Å². The van der Waals surface area contributed by atoms with Crippen molar-refractivity contribution in [3.8, 4) is 5.75 Å². The Hall–Kier alpha value is -5.41. The highest BCUT2D eigenvalue weighted by Crippen LogP contribution is 2.30. The average Bonchev–Trinajstić information content (AvgIpc) is 3.11. The summed E-state index contributed by atoms with van der Waals surface area (Å²) in [6.07, 6.45) is 5.05. The number of aryl methyl sites for hydroxylation is 2. The molecule has 0 radical (unpaired) electrons. The van der Waals surface area contributed by atoms with E-state index in [1.807, 2.05) is 0 Å². The minimum atomic E-state index is -4.11. The van der Waals surface area contributed by atoms with Crippen LogP contribution in [0, 0.1) is 0 Å². The van der Waals surface area contributed by atoms with Crippen LogP contribution < -0.4 is 20.1 Å². The second-order valence-corrected chi connectivity index (χ2v) is 15.5. The number of carbonyl (C=O) groups is 3. The van der Waals surface area contributed by atoms with E-state index < -0.39 is 49.1 Å². The number of rotatable bonds is 18. The van der Waals surface area contributed by atoms with Gasteiger partial charge in [-0.25, -0.2) is 21.6 Å². The summed E-state index contributed by atoms with van der Waals surface area (Å²) < 4.78 is 56.3. The van der Waals surface area contributed by atoms with Crippen LogP contribution in [-0.2, 0) is 42.5 Å². The van der Waals surface area contributed by atoms with Gasteiger partial charge in [-0.05, 0) is 91.4 Å². The first kappa shape index (κ1) is 39.4. The molecule has 2 amide bonds. The minimum Gasteiger partial charge on any atom is -0.506 e. The molecule has 4 rings (SSSR count). The average molecular weight is 751 g/mol. The molecular weight excluding hydrogens is 709 g/mol. The zero-order valence-electron chi connectivity index (χ0n) is 28.8. The van der Waals surface area contributed by atoms with E-state index in [2.05, 4.69) is 33.9 Å². The number of unbranched alkanes of at least 4 members (excludes halogenated alkanes) is 2. The lowest BCUT2D eigenvalue weighted by atomic mass is 10.1. The number of aromatic carboxylic acids is 1.